The Balaban J connectivity index is 2.43. The quantitative estimate of drug-likeness (QED) is 0.751. The fourth-order valence-electron chi connectivity index (χ4n) is 2.13. The Morgan fingerprint density at radius 2 is 2.10 bits per heavy atom. The number of piperidine rings is 1. The van der Waals surface area contributed by atoms with Crippen LogP contribution in [0, 0.1) is 5.92 Å². The Labute approximate surface area is 121 Å². The van der Waals surface area contributed by atoms with Gasteiger partial charge in [-0.25, -0.2) is 0 Å². The summed E-state index contributed by atoms with van der Waals surface area (Å²) in [7, 11) is 0. The Hall–Kier alpha value is -1.14. The molecule has 1 unspecified atom stereocenters. The van der Waals surface area contributed by atoms with Crippen LogP contribution in [0.3, 0.4) is 0 Å². The molecular weight excluding hydrogens is 258 g/mol. The summed E-state index contributed by atoms with van der Waals surface area (Å²) in [5, 5.41) is 2.78. The molecule has 0 aromatic rings. The predicted octanol–water partition coefficient (Wildman–Crippen LogP) is 0.115. The van der Waals surface area contributed by atoms with E-state index >= 15 is 0 Å². The van der Waals surface area contributed by atoms with Gasteiger partial charge in [-0.2, -0.15) is 0 Å². The maximum absolute atomic E-state index is 12.1. The first-order chi connectivity index (χ1) is 9.33. The van der Waals surface area contributed by atoms with E-state index in [2.05, 4.69) is 5.32 Å². The molecule has 1 heterocycles. The third kappa shape index (κ3) is 5.88. The van der Waals surface area contributed by atoms with Crippen LogP contribution in [-0.2, 0) is 14.3 Å². The maximum Gasteiger partial charge on any atom is 0.248 e. The summed E-state index contributed by atoms with van der Waals surface area (Å²) in [5.41, 5.74) is 5.04. The summed E-state index contributed by atoms with van der Waals surface area (Å²) < 4.78 is 5.50. The first-order valence-electron chi connectivity index (χ1n) is 7.23. The zero-order valence-corrected chi connectivity index (χ0v) is 12.8. The summed E-state index contributed by atoms with van der Waals surface area (Å²) >= 11 is 0. The van der Waals surface area contributed by atoms with Crippen LogP contribution in [0.2, 0.25) is 0 Å². The van der Waals surface area contributed by atoms with Crippen LogP contribution in [0.5, 0.6) is 0 Å². The molecule has 1 saturated heterocycles. The van der Waals surface area contributed by atoms with Crippen molar-refractivity contribution in [2.45, 2.75) is 39.2 Å². The summed E-state index contributed by atoms with van der Waals surface area (Å²) in [6.45, 7) is 7.91. The molecule has 1 aliphatic heterocycles. The van der Waals surface area contributed by atoms with Gasteiger partial charge in [0, 0.05) is 26.2 Å². The fraction of sp³-hybridized carbons (Fsp3) is 0.857. The molecule has 0 saturated carbocycles. The number of ether oxygens (including phenoxy) is 1. The lowest BCUT2D eigenvalue weighted by atomic mass is 9.97. The van der Waals surface area contributed by atoms with Crippen molar-refractivity contribution in [1.29, 1.82) is 0 Å². The third-order valence-corrected chi connectivity index (χ3v) is 3.22. The Bertz CT molecular complexity index is 339. The maximum atomic E-state index is 12.1. The van der Waals surface area contributed by atoms with Crippen molar-refractivity contribution >= 4 is 11.8 Å². The van der Waals surface area contributed by atoms with Gasteiger partial charge < -0.3 is 20.7 Å². The van der Waals surface area contributed by atoms with Crippen LogP contribution in [0.15, 0.2) is 0 Å². The summed E-state index contributed by atoms with van der Waals surface area (Å²) in [5.74, 6) is -0.185. The van der Waals surface area contributed by atoms with Crippen molar-refractivity contribution < 1.29 is 14.3 Å². The predicted molar refractivity (Wildman–Crippen MR) is 77.1 cm³/mol. The largest absolute Gasteiger partial charge is 0.366 e. The van der Waals surface area contributed by atoms with Crippen molar-refractivity contribution in [2.24, 2.45) is 11.7 Å². The van der Waals surface area contributed by atoms with Crippen molar-refractivity contribution in [3.63, 3.8) is 0 Å². The minimum atomic E-state index is -0.330. The van der Waals surface area contributed by atoms with Gasteiger partial charge >= 0.3 is 0 Å². The summed E-state index contributed by atoms with van der Waals surface area (Å²) in [6.07, 6.45) is 1.67. The smallest absolute Gasteiger partial charge is 0.248 e. The summed E-state index contributed by atoms with van der Waals surface area (Å²) in [4.78, 5) is 25.7. The van der Waals surface area contributed by atoms with E-state index in [1.54, 1.807) is 4.90 Å². The van der Waals surface area contributed by atoms with Gasteiger partial charge in [-0.3, -0.25) is 9.59 Å². The highest BCUT2D eigenvalue weighted by Gasteiger charge is 2.28. The average molecular weight is 285 g/mol. The molecule has 2 amide bonds. The number of amides is 2. The molecule has 0 bridgehead atoms. The number of hydrogen-bond acceptors (Lipinski definition) is 4. The molecule has 1 fully saturated rings. The van der Waals surface area contributed by atoms with Gasteiger partial charge in [-0.1, -0.05) is 0 Å². The number of carbonyl (C=O) groups excluding carboxylic acids is 2. The molecular formula is C14H27N3O3. The molecule has 0 aromatic heterocycles. The number of nitrogens with one attached hydrogen (secondary N) is 1. The first-order valence-corrected chi connectivity index (χ1v) is 7.23. The topological polar surface area (TPSA) is 84.7 Å². The molecule has 0 aromatic carbocycles. The molecule has 0 aliphatic carbocycles. The Kier molecular flexibility index (Phi) is 6.42. The van der Waals surface area contributed by atoms with Crippen LogP contribution in [0.4, 0.5) is 0 Å². The van der Waals surface area contributed by atoms with E-state index in [4.69, 9.17) is 10.5 Å². The van der Waals surface area contributed by atoms with Gasteiger partial charge in [-0.15, -0.1) is 0 Å². The van der Waals surface area contributed by atoms with Crippen LogP contribution < -0.4 is 11.1 Å². The van der Waals surface area contributed by atoms with Gasteiger partial charge in [0.25, 0.3) is 0 Å². The second-order valence-corrected chi connectivity index (χ2v) is 6.16. The van der Waals surface area contributed by atoms with E-state index in [0.717, 1.165) is 12.8 Å². The highest BCUT2D eigenvalue weighted by atomic mass is 16.5. The first kappa shape index (κ1) is 16.9. The molecule has 1 atom stereocenters. The standard InChI is InChI=1S/C14H27N3O3/c1-14(2,3)20-10-12(18)17-8-4-5-11(9-17)13(19)16-7-6-15/h11H,4-10,15H2,1-3H3,(H,16,19). The molecule has 6 nitrogen and oxygen atoms in total. The fourth-order valence-corrected chi connectivity index (χ4v) is 2.13. The lowest BCUT2D eigenvalue weighted by molar-refractivity contribution is -0.144. The molecule has 1 rings (SSSR count). The van der Waals surface area contributed by atoms with Crippen molar-refractivity contribution in [3.05, 3.63) is 0 Å². The van der Waals surface area contributed by atoms with Gasteiger partial charge in [0.05, 0.1) is 11.5 Å². The monoisotopic (exact) mass is 285 g/mol. The number of rotatable bonds is 5. The van der Waals surface area contributed by atoms with Gasteiger partial charge in [0.2, 0.25) is 11.8 Å². The van der Waals surface area contributed by atoms with Gasteiger partial charge in [0.1, 0.15) is 6.61 Å². The van der Waals surface area contributed by atoms with E-state index in [9.17, 15) is 9.59 Å². The van der Waals surface area contributed by atoms with Crippen LogP contribution in [0.25, 0.3) is 0 Å². The normalized spacial score (nSPS) is 19.8. The van der Waals surface area contributed by atoms with Crippen LogP contribution in [0.1, 0.15) is 33.6 Å². The number of likely N-dealkylation sites (tertiary alicyclic amines) is 1. The molecule has 0 radical (unpaired) electrons. The van der Waals surface area contributed by atoms with Crippen molar-refractivity contribution in [1.82, 2.24) is 10.2 Å². The van der Waals surface area contributed by atoms with E-state index < -0.39 is 0 Å². The van der Waals surface area contributed by atoms with E-state index in [1.165, 1.54) is 0 Å². The second kappa shape index (κ2) is 7.59. The number of nitrogens with two attached hydrogens (primary N) is 1. The van der Waals surface area contributed by atoms with Crippen molar-refractivity contribution in [2.75, 3.05) is 32.8 Å². The SMILES string of the molecule is CC(C)(C)OCC(=O)N1CCCC(C(=O)NCCN)C1. The minimum absolute atomic E-state index is 0.00955. The second-order valence-electron chi connectivity index (χ2n) is 6.16. The van der Waals surface area contributed by atoms with Crippen LogP contribution in [-0.4, -0.2) is 55.1 Å². The molecule has 1 aliphatic rings. The number of hydrogen-bond donors (Lipinski definition) is 2. The average Bonchev–Trinajstić information content (AvgIpc) is 2.41. The number of nitrogens with zero attached hydrogens (tertiary/aromatic N) is 1. The van der Waals surface area contributed by atoms with E-state index in [1.807, 2.05) is 20.8 Å². The molecule has 3 N–H and O–H groups in total. The lowest BCUT2D eigenvalue weighted by Crippen LogP contribution is -2.47. The summed E-state index contributed by atoms with van der Waals surface area (Å²) in [6, 6.07) is 0. The lowest BCUT2D eigenvalue weighted by Gasteiger charge is -2.32. The van der Waals surface area contributed by atoms with Crippen molar-refractivity contribution in [3.8, 4) is 0 Å². The minimum Gasteiger partial charge on any atom is -0.366 e. The van der Waals surface area contributed by atoms with E-state index in [0.29, 0.717) is 26.2 Å². The van der Waals surface area contributed by atoms with Crippen LogP contribution >= 0.6 is 0 Å². The highest BCUT2D eigenvalue weighted by Crippen LogP contribution is 2.17. The van der Waals surface area contributed by atoms with Gasteiger partial charge in [-0.05, 0) is 33.6 Å². The van der Waals surface area contributed by atoms with Gasteiger partial charge in [0.15, 0.2) is 0 Å². The third-order valence-electron chi connectivity index (χ3n) is 3.22. The Morgan fingerprint density at radius 1 is 1.40 bits per heavy atom. The molecule has 0 spiro atoms. The zero-order chi connectivity index (χ0) is 15.2. The Morgan fingerprint density at radius 3 is 2.70 bits per heavy atom. The highest BCUT2D eigenvalue weighted by molar-refractivity contribution is 5.81. The number of carbonyl (C=O) groups is 2. The van der Waals surface area contributed by atoms with E-state index in [-0.39, 0.29) is 29.9 Å². The molecule has 20 heavy (non-hydrogen) atoms. The zero-order valence-electron chi connectivity index (χ0n) is 12.8. The molecule has 6 heteroatoms. The molecule has 116 valence electrons.